The summed E-state index contributed by atoms with van der Waals surface area (Å²) in [7, 11) is 0. The number of hydrogen-bond donors (Lipinski definition) is 1. The van der Waals surface area contributed by atoms with E-state index in [2.05, 4.69) is 15.5 Å². The van der Waals surface area contributed by atoms with E-state index in [0.717, 1.165) is 5.69 Å². The summed E-state index contributed by atoms with van der Waals surface area (Å²) in [6.07, 6.45) is 1.39. The van der Waals surface area contributed by atoms with Crippen molar-refractivity contribution < 1.29 is 14.3 Å². The van der Waals surface area contributed by atoms with Gasteiger partial charge in [0.15, 0.2) is 5.82 Å². The molecule has 1 amide bonds. The third-order valence-electron chi connectivity index (χ3n) is 4.69. The van der Waals surface area contributed by atoms with Gasteiger partial charge in [-0.05, 0) is 32.9 Å². The summed E-state index contributed by atoms with van der Waals surface area (Å²) in [4.78, 5) is 25.3. The lowest BCUT2D eigenvalue weighted by atomic mass is 10.1. The molecular formula is C21H24ClN5O3. The van der Waals surface area contributed by atoms with Crippen LogP contribution in [0.25, 0.3) is 5.69 Å². The van der Waals surface area contributed by atoms with Gasteiger partial charge in [0.1, 0.15) is 5.56 Å². The lowest BCUT2D eigenvalue weighted by Crippen LogP contribution is -2.27. The molecule has 2 heterocycles. The Morgan fingerprint density at radius 3 is 2.53 bits per heavy atom. The topological polar surface area (TPSA) is 91.0 Å². The Labute approximate surface area is 179 Å². The van der Waals surface area contributed by atoms with Gasteiger partial charge in [0.05, 0.1) is 47.4 Å². The van der Waals surface area contributed by atoms with Crippen LogP contribution in [0.2, 0.25) is 5.02 Å². The number of hydrogen-bond acceptors (Lipinski definition) is 5. The number of nitrogens with one attached hydrogen (secondary N) is 1. The van der Waals surface area contributed by atoms with Crippen molar-refractivity contribution in [2.24, 2.45) is 5.92 Å². The van der Waals surface area contributed by atoms with E-state index < -0.39 is 11.9 Å². The first kappa shape index (κ1) is 21.6. The van der Waals surface area contributed by atoms with Gasteiger partial charge in [-0.3, -0.25) is 9.48 Å². The molecule has 1 atom stereocenters. The van der Waals surface area contributed by atoms with Crippen LogP contribution in [-0.2, 0) is 16.1 Å². The summed E-state index contributed by atoms with van der Waals surface area (Å²) in [6, 6.07) is 9.24. The number of aromatic nitrogens is 4. The number of amides is 1. The highest BCUT2D eigenvalue weighted by molar-refractivity contribution is 6.31. The van der Waals surface area contributed by atoms with Gasteiger partial charge in [0.25, 0.3) is 0 Å². The Bertz CT molecular complexity index is 1060. The molecule has 0 aliphatic carbocycles. The Hall–Kier alpha value is -3.13. The van der Waals surface area contributed by atoms with Crippen molar-refractivity contribution >= 4 is 29.3 Å². The number of carbonyl (C=O) groups excluding carboxylic acids is 2. The molecule has 0 fully saturated rings. The number of ether oxygens (including phenoxy) is 1. The van der Waals surface area contributed by atoms with Crippen LogP contribution in [0.3, 0.4) is 0 Å². The predicted octanol–water partition coefficient (Wildman–Crippen LogP) is 3.79. The largest absolute Gasteiger partial charge is 0.462 e. The van der Waals surface area contributed by atoms with Gasteiger partial charge in [-0.25, -0.2) is 9.48 Å². The maximum Gasteiger partial charge on any atom is 0.343 e. The van der Waals surface area contributed by atoms with Crippen LogP contribution >= 0.6 is 11.6 Å². The molecule has 2 aromatic heterocycles. The monoisotopic (exact) mass is 429 g/mol. The maximum absolute atomic E-state index is 13.0. The van der Waals surface area contributed by atoms with Crippen molar-refractivity contribution in [2.45, 2.75) is 34.2 Å². The molecule has 0 radical (unpaired) electrons. The summed E-state index contributed by atoms with van der Waals surface area (Å²) < 4.78 is 8.34. The quantitative estimate of drug-likeness (QED) is 0.577. The molecule has 8 nitrogen and oxygen atoms in total. The van der Waals surface area contributed by atoms with Crippen molar-refractivity contribution in [1.29, 1.82) is 0 Å². The summed E-state index contributed by atoms with van der Waals surface area (Å²) >= 11 is 6.20. The average molecular weight is 430 g/mol. The van der Waals surface area contributed by atoms with Crippen LogP contribution < -0.4 is 5.32 Å². The minimum atomic E-state index is -0.548. The molecule has 1 unspecified atom stereocenters. The smallest absolute Gasteiger partial charge is 0.343 e. The van der Waals surface area contributed by atoms with E-state index in [1.54, 1.807) is 18.5 Å². The highest BCUT2D eigenvalue weighted by Gasteiger charge is 2.24. The normalized spacial score (nSPS) is 11.9. The number of anilines is 1. The van der Waals surface area contributed by atoms with Gasteiger partial charge in [-0.2, -0.15) is 10.2 Å². The molecule has 9 heteroatoms. The van der Waals surface area contributed by atoms with Crippen molar-refractivity contribution in [2.75, 3.05) is 11.9 Å². The van der Waals surface area contributed by atoms with E-state index in [1.807, 2.05) is 44.2 Å². The van der Waals surface area contributed by atoms with Crippen LogP contribution in [0.4, 0.5) is 5.82 Å². The molecule has 0 saturated carbocycles. The van der Waals surface area contributed by atoms with Crippen LogP contribution in [0.5, 0.6) is 0 Å². The third-order valence-corrected chi connectivity index (χ3v) is 5.24. The molecule has 0 saturated heterocycles. The van der Waals surface area contributed by atoms with E-state index in [0.29, 0.717) is 22.9 Å². The number of para-hydroxylation sites is 1. The van der Waals surface area contributed by atoms with E-state index in [9.17, 15) is 9.59 Å². The molecule has 0 bridgehead atoms. The second-order valence-electron chi connectivity index (χ2n) is 6.93. The Morgan fingerprint density at radius 2 is 1.93 bits per heavy atom. The second kappa shape index (κ2) is 9.13. The summed E-state index contributed by atoms with van der Waals surface area (Å²) in [5.74, 6) is -0.994. The minimum absolute atomic E-state index is 0.190. The molecule has 3 aromatic rings. The fraction of sp³-hybridized carbons (Fsp3) is 0.333. The lowest BCUT2D eigenvalue weighted by Gasteiger charge is -2.15. The highest BCUT2D eigenvalue weighted by Crippen LogP contribution is 2.23. The van der Waals surface area contributed by atoms with Crippen molar-refractivity contribution in [3.05, 3.63) is 58.5 Å². The van der Waals surface area contributed by atoms with Crippen LogP contribution in [0.15, 0.2) is 36.5 Å². The lowest BCUT2D eigenvalue weighted by molar-refractivity contribution is -0.119. The number of aryl methyl sites for hydroxylation is 1. The van der Waals surface area contributed by atoms with E-state index in [4.69, 9.17) is 16.3 Å². The minimum Gasteiger partial charge on any atom is -0.462 e. The second-order valence-corrected chi connectivity index (χ2v) is 7.31. The standard InChI is InChI=1S/C21H24ClN5O3/c1-5-30-21(29)17-11-23-27(16-9-7-6-8-10-16)19(17)24-20(28)13(2)12-26-15(4)18(22)14(3)25-26/h6-11,13H,5,12H2,1-4H3,(H,24,28). The highest BCUT2D eigenvalue weighted by atomic mass is 35.5. The summed E-state index contributed by atoms with van der Waals surface area (Å²) in [5, 5.41) is 12.1. The first-order valence-electron chi connectivity index (χ1n) is 9.64. The van der Waals surface area contributed by atoms with Gasteiger partial charge >= 0.3 is 5.97 Å². The third kappa shape index (κ3) is 4.38. The SMILES string of the molecule is CCOC(=O)c1cnn(-c2ccccc2)c1NC(=O)C(C)Cn1nc(C)c(Cl)c1C. The van der Waals surface area contributed by atoms with Gasteiger partial charge in [-0.1, -0.05) is 36.7 Å². The van der Waals surface area contributed by atoms with Gasteiger partial charge in [-0.15, -0.1) is 0 Å². The maximum atomic E-state index is 13.0. The first-order chi connectivity index (χ1) is 14.3. The number of esters is 1. The molecule has 1 aromatic carbocycles. The zero-order valence-corrected chi connectivity index (χ0v) is 18.1. The predicted molar refractivity (Wildman–Crippen MR) is 114 cm³/mol. The summed E-state index contributed by atoms with van der Waals surface area (Å²) in [6.45, 7) is 7.75. The molecule has 3 rings (SSSR count). The van der Waals surface area contributed by atoms with Gasteiger partial charge in [0, 0.05) is 0 Å². The first-order valence-corrected chi connectivity index (χ1v) is 10.0. The number of carbonyl (C=O) groups is 2. The van der Waals surface area contributed by atoms with Crippen LogP contribution in [0, 0.1) is 19.8 Å². The Balaban J connectivity index is 1.88. The van der Waals surface area contributed by atoms with E-state index in [1.165, 1.54) is 10.9 Å². The van der Waals surface area contributed by atoms with E-state index >= 15 is 0 Å². The number of rotatable bonds is 7. The van der Waals surface area contributed by atoms with E-state index in [-0.39, 0.29) is 23.9 Å². The number of halogens is 1. The fourth-order valence-electron chi connectivity index (χ4n) is 3.03. The molecule has 0 aliphatic heterocycles. The molecule has 0 spiro atoms. The average Bonchev–Trinajstić information content (AvgIpc) is 3.25. The summed E-state index contributed by atoms with van der Waals surface area (Å²) in [5.41, 5.74) is 2.42. The van der Waals surface area contributed by atoms with Crippen LogP contribution in [0.1, 0.15) is 35.6 Å². The Morgan fingerprint density at radius 1 is 1.23 bits per heavy atom. The zero-order chi connectivity index (χ0) is 21.8. The zero-order valence-electron chi connectivity index (χ0n) is 17.3. The van der Waals surface area contributed by atoms with Crippen molar-refractivity contribution in [3.63, 3.8) is 0 Å². The fourth-order valence-corrected chi connectivity index (χ4v) is 3.16. The van der Waals surface area contributed by atoms with Crippen molar-refractivity contribution in [3.8, 4) is 5.69 Å². The molecule has 30 heavy (non-hydrogen) atoms. The molecule has 0 aliphatic rings. The molecule has 1 N–H and O–H groups in total. The molecule has 158 valence electrons. The molecular weight excluding hydrogens is 406 g/mol. The Kier molecular flexibility index (Phi) is 6.56. The van der Waals surface area contributed by atoms with Gasteiger partial charge < -0.3 is 10.1 Å². The van der Waals surface area contributed by atoms with Crippen molar-refractivity contribution in [1.82, 2.24) is 19.6 Å². The number of nitrogens with zero attached hydrogens (tertiary/aromatic N) is 4. The van der Waals surface area contributed by atoms with Crippen LogP contribution in [-0.4, -0.2) is 38.0 Å². The number of benzene rings is 1. The van der Waals surface area contributed by atoms with Gasteiger partial charge in [0.2, 0.25) is 5.91 Å².